The van der Waals surface area contributed by atoms with E-state index in [2.05, 4.69) is 21.0 Å². The van der Waals surface area contributed by atoms with Crippen molar-refractivity contribution in [3.05, 3.63) is 67.1 Å². The molecule has 0 saturated carbocycles. The van der Waals surface area contributed by atoms with Crippen molar-refractivity contribution in [2.24, 2.45) is 0 Å². The third kappa shape index (κ3) is 2.02. The minimum Gasteiger partial charge on any atom is -0.508 e. The quantitative estimate of drug-likeness (QED) is 0.586. The highest BCUT2D eigenvalue weighted by atomic mass is 16.3. The maximum absolute atomic E-state index is 9.53. The predicted molar refractivity (Wildman–Crippen MR) is 86.4 cm³/mol. The molecule has 0 amide bonds. The number of para-hydroxylation sites is 1. The van der Waals surface area contributed by atoms with Crippen LogP contribution in [0.2, 0.25) is 0 Å². The molecule has 0 bridgehead atoms. The van der Waals surface area contributed by atoms with Gasteiger partial charge in [-0.25, -0.2) is 9.97 Å². The molecule has 2 N–H and O–H groups in total. The van der Waals surface area contributed by atoms with Crippen LogP contribution in [0.4, 0.5) is 0 Å². The summed E-state index contributed by atoms with van der Waals surface area (Å²) in [6, 6.07) is 17.2. The van der Waals surface area contributed by atoms with E-state index in [1.54, 1.807) is 24.7 Å². The minimum absolute atomic E-state index is 0.257. The number of hydrogen-bond donors (Lipinski definition) is 2. The van der Waals surface area contributed by atoms with Gasteiger partial charge in [0.2, 0.25) is 0 Å². The molecular weight excluding hydrogens is 274 g/mol. The van der Waals surface area contributed by atoms with Gasteiger partial charge in [0.15, 0.2) is 0 Å². The largest absolute Gasteiger partial charge is 0.508 e. The number of H-pyrrole nitrogens is 1. The first-order valence-electron chi connectivity index (χ1n) is 6.99. The number of nitrogens with zero attached hydrogens (tertiary/aromatic N) is 2. The van der Waals surface area contributed by atoms with Crippen LogP contribution in [-0.2, 0) is 0 Å². The van der Waals surface area contributed by atoms with E-state index in [9.17, 15) is 5.11 Å². The van der Waals surface area contributed by atoms with Crippen molar-refractivity contribution in [3.63, 3.8) is 0 Å². The lowest BCUT2D eigenvalue weighted by Crippen LogP contribution is -1.87. The van der Waals surface area contributed by atoms with Crippen molar-refractivity contribution in [2.75, 3.05) is 0 Å². The number of phenolic OH excluding ortho intramolecular Hbond substituents is 1. The van der Waals surface area contributed by atoms with Gasteiger partial charge in [-0.2, -0.15) is 0 Å². The summed E-state index contributed by atoms with van der Waals surface area (Å²) in [5.74, 6) is 0.257. The highest BCUT2D eigenvalue weighted by Crippen LogP contribution is 2.37. The molecule has 4 heteroatoms. The van der Waals surface area contributed by atoms with Gasteiger partial charge in [0.05, 0.1) is 11.4 Å². The van der Waals surface area contributed by atoms with Crippen LogP contribution in [-0.4, -0.2) is 20.1 Å². The van der Waals surface area contributed by atoms with Crippen molar-refractivity contribution in [2.45, 2.75) is 0 Å². The van der Waals surface area contributed by atoms with E-state index in [-0.39, 0.29) is 5.75 Å². The lowest BCUT2D eigenvalue weighted by atomic mass is 10.0. The van der Waals surface area contributed by atoms with Crippen LogP contribution >= 0.6 is 0 Å². The molecule has 22 heavy (non-hydrogen) atoms. The average molecular weight is 287 g/mol. The predicted octanol–water partition coefficient (Wildman–Crippen LogP) is 4.00. The zero-order chi connectivity index (χ0) is 14.9. The van der Waals surface area contributed by atoms with Crippen LogP contribution in [0, 0.1) is 0 Å². The summed E-state index contributed by atoms with van der Waals surface area (Å²) in [7, 11) is 0. The number of rotatable bonds is 2. The highest BCUT2D eigenvalue weighted by Gasteiger charge is 2.15. The lowest BCUT2D eigenvalue weighted by molar-refractivity contribution is 0.475. The summed E-state index contributed by atoms with van der Waals surface area (Å²) in [5, 5.41) is 10.7. The molecule has 4 rings (SSSR count). The fraction of sp³-hybridized carbons (Fsp3) is 0. The van der Waals surface area contributed by atoms with Crippen molar-refractivity contribution >= 4 is 10.9 Å². The van der Waals surface area contributed by atoms with E-state index in [4.69, 9.17) is 0 Å². The Labute approximate surface area is 127 Å². The summed E-state index contributed by atoms with van der Waals surface area (Å²) in [4.78, 5) is 11.8. The molecule has 0 unspecified atom stereocenters. The first-order valence-corrected chi connectivity index (χ1v) is 6.99. The van der Waals surface area contributed by atoms with E-state index in [0.717, 1.165) is 33.4 Å². The van der Waals surface area contributed by atoms with E-state index in [1.165, 1.54) is 0 Å². The Morgan fingerprint density at radius 1 is 0.909 bits per heavy atom. The Morgan fingerprint density at radius 3 is 2.50 bits per heavy atom. The first-order chi connectivity index (χ1) is 10.8. The molecule has 0 saturated heterocycles. The Kier molecular flexibility index (Phi) is 2.86. The summed E-state index contributed by atoms with van der Waals surface area (Å²) in [5.41, 5.74) is 4.96. The van der Waals surface area contributed by atoms with Crippen LogP contribution in [0.5, 0.6) is 5.75 Å². The zero-order valence-electron chi connectivity index (χ0n) is 11.7. The van der Waals surface area contributed by atoms with Gasteiger partial charge in [-0.05, 0) is 29.8 Å². The number of hydrogen-bond acceptors (Lipinski definition) is 3. The molecule has 0 radical (unpaired) electrons. The average Bonchev–Trinajstić information content (AvgIpc) is 2.96. The third-order valence-electron chi connectivity index (χ3n) is 3.70. The number of aromatic amines is 1. The number of aromatic hydroxyl groups is 1. The second-order valence-electron chi connectivity index (χ2n) is 5.06. The fourth-order valence-electron chi connectivity index (χ4n) is 2.70. The topological polar surface area (TPSA) is 61.8 Å². The maximum Gasteiger partial charge on any atom is 0.116 e. The van der Waals surface area contributed by atoms with E-state index >= 15 is 0 Å². The van der Waals surface area contributed by atoms with Crippen molar-refractivity contribution in [1.82, 2.24) is 15.0 Å². The minimum atomic E-state index is 0.257. The molecule has 0 aliphatic rings. The standard InChI is InChI=1S/C18H13N3O/c22-13-7-5-12(6-8-13)17-14-3-1-2-4-15(14)21-18(17)16-9-10-19-11-20-16/h1-11,21-22H. The number of nitrogens with one attached hydrogen (secondary N) is 1. The van der Waals surface area contributed by atoms with Crippen molar-refractivity contribution < 1.29 is 5.11 Å². The van der Waals surface area contributed by atoms with E-state index in [1.807, 2.05) is 36.4 Å². The van der Waals surface area contributed by atoms with Crippen LogP contribution in [0.3, 0.4) is 0 Å². The van der Waals surface area contributed by atoms with Gasteiger partial charge >= 0.3 is 0 Å². The number of benzene rings is 2. The van der Waals surface area contributed by atoms with E-state index in [0.29, 0.717) is 0 Å². The Bertz CT molecular complexity index is 928. The summed E-state index contributed by atoms with van der Waals surface area (Å²) >= 11 is 0. The van der Waals surface area contributed by atoms with Gasteiger partial charge in [-0.3, -0.25) is 0 Å². The van der Waals surface area contributed by atoms with Gasteiger partial charge in [0, 0.05) is 22.7 Å². The molecule has 0 spiro atoms. The summed E-state index contributed by atoms with van der Waals surface area (Å²) in [6.45, 7) is 0. The smallest absolute Gasteiger partial charge is 0.116 e. The van der Waals surface area contributed by atoms with Crippen LogP contribution in [0.25, 0.3) is 33.4 Å². The van der Waals surface area contributed by atoms with Crippen LogP contribution < -0.4 is 0 Å². The maximum atomic E-state index is 9.53. The lowest BCUT2D eigenvalue weighted by Gasteiger charge is -2.05. The highest BCUT2D eigenvalue weighted by molar-refractivity contribution is 6.03. The normalized spacial score (nSPS) is 10.9. The molecule has 0 fully saturated rings. The monoisotopic (exact) mass is 287 g/mol. The molecule has 0 atom stereocenters. The number of fused-ring (bicyclic) bond motifs is 1. The molecular formula is C18H13N3O. The molecule has 2 aromatic heterocycles. The van der Waals surface area contributed by atoms with Gasteiger partial charge in [-0.1, -0.05) is 30.3 Å². The van der Waals surface area contributed by atoms with Crippen molar-refractivity contribution in [1.29, 1.82) is 0 Å². The molecule has 106 valence electrons. The zero-order valence-corrected chi connectivity index (χ0v) is 11.7. The Morgan fingerprint density at radius 2 is 1.73 bits per heavy atom. The summed E-state index contributed by atoms with van der Waals surface area (Å²) < 4.78 is 0. The first kappa shape index (κ1) is 12.6. The van der Waals surface area contributed by atoms with E-state index < -0.39 is 0 Å². The Hall–Kier alpha value is -3.14. The molecule has 0 aliphatic carbocycles. The molecule has 4 nitrogen and oxygen atoms in total. The third-order valence-corrected chi connectivity index (χ3v) is 3.70. The van der Waals surface area contributed by atoms with Crippen LogP contribution in [0.15, 0.2) is 67.1 Å². The van der Waals surface area contributed by atoms with Gasteiger partial charge in [0.25, 0.3) is 0 Å². The van der Waals surface area contributed by atoms with Crippen LogP contribution in [0.1, 0.15) is 0 Å². The van der Waals surface area contributed by atoms with Gasteiger partial charge in [-0.15, -0.1) is 0 Å². The fourth-order valence-corrected chi connectivity index (χ4v) is 2.70. The Balaban J connectivity index is 2.04. The SMILES string of the molecule is Oc1ccc(-c2c(-c3ccncn3)[nH]c3ccccc23)cc1. The second kappa shape index (κ2) is 5.00. The molecule has 4 aromatic rings. The second-order valence-corrected chi connectivity index (χ2v) is 5.06. The van der Waals surface area contributed by atoms with Crippen molar-refractivity contribution in [3.8, 4) is 28.3 Å². The number of phenols is 1. The van der Waals surface area contributed by atoms with Gasteiger partial charge < -0.3 is 10.1 Å². The number of aromatic nitrogens is 3. The summed E-state index contributed by atoms with van der Waals surface area (Å²) in [6.07, 6.45) is 3.27. The van der Waals surface area contributed by atoms with Gasteiger partial charge in [0.1, 0.15) is 12.1 Å². The molecule has 0 aliphatic heterocycles. The molecule has 2 aromatic carbocycles. The molecule has 2 heterocycles.